The van der Waals surface area contributed by atoms with Crippen LogP contribution in [0.5, 0.6) is 0 Å². The Hall–Kier alpha value is -0.770. The zero-order chi connectivity index (χ0) is 13.9. The van der Waals surface area contributed by atoms with Crippen molar-refractivity contribution in [3.63, 3.8) is 0 Å². The molecule has 1 aliphatic heterocycles. The molecule has 0 unspecified atom stereocenters. The Kier molecular flexibility index (Phi) is 2.82. The summed E-state index contributed by atoms with van der Waals surface area (Å²) in [6.07, 6.45) is 6.47. The molecule has 4 fully saturated rings. The largest absolute Gasteiger partial charge is 0.377 e. The number of carbonyl (C=O) groups is 1. The van der Waals surface area contributed by atoms with Gasteiger partial charge in [0.05, 0.1) is 6.10 Å². The van der Waals surface area contributed by atoms with E-state index in [1.165, 1.54) is 25.7 Å². The maximum atomic E-state index is 12.6. The zero-order valence-corrected chi connectivity index (χ0v) is 12.6. The molecule has 1 saturated heterocycles. The van der Waals surface area contributed by atoms with Crippen LogP contribution in [-0.4, -0.2) is 42.3 Å². The summed E-state index contributed by atoms with van der Waals surface area (Å²) in [5.41, 5.74) is 0.0889. The van der Waals surface area contributed by atoms with Gasteiger partial charge in [-0.15, -0.1) is 0 Å². The number of fused-ring (bicyclic) bond motifs is 1. The molecule has 4 heteroatoms. The van der Waals surface area contributed by atoms with Gasteiger partial charge in [-0.05, 0) is 38.0 Å². The van der Waals surface area contributed by atoms with Crippen molar-refractivity contribution < 1.29 is 9.53 Å². The van der Waals surface area contributed by atoms with E-state index in [1.807, 2.05) is 0 Å². The number of carbonyl (C=O) groups excluding carboxylic acids is 1. The fourth-order valence-corrected chi connectivity index (χ4v) is 4.20. The number of nitrogens with one attached hydrogen (secondary N) is 1. The number of amides is 2. The Bertz CT molecular complexity index is 415. The third-order valence-corrected chi connectivity index (χ3v) is 5.78. The second-order valence-electron chi connectivity index (χ2n) is 7.82. The molecule has 0 spiro atoms. The SMILES string of the molecule is CC1(C)[C@H](NC(=O)N(CC2CC2)C2CC2)[C@@H]2CCO[C@H]21. The van der Waals surface area contributed by atoms with Gasteiger partial charge in [0.1, 0.15) is 0 Å². The molecular formula is C16H26N2O2. The van der Waals surface area contributed by atoms with E-state index in [4.69, 9.17) is 4.74 Å². The predicted octanol–water partition coefficient (Wildman–Crippen LogP) is 2.38. The quantitative estimate of drug-likeness (QED) is 0.858. The van der Waals surface area contributed by atoms with Crippen LogP contribution >= 0.6 is 0 Å². The third-order valence-electron chi connectivity index (χ3n) is 5.78. The van der Waals surface area contributed by atoms with Crippen LogP contribution in [-0.2, 0) is 4.74 Å². The summed E-state index contributed by atoms with van der Waals surface area (Å²) in [5, 5.41) is 3.34. The molecule has 112 valence electrons. The number of rotatable bonds is 4. The van der Waals surface area contributed by atoms with Gasteiger partial charge in [0, 0.05) is 36.6 Å². The van der Waals surface area contributed by atoms with Crippen LogP contribution in [0.15, 0.2) is 0 Å². The van der Waals surface area contributed by atoms with E-state index in [2.05, 4.69) is 24.1 Å². The molecule has 3 saturated carbocycles. The molecule has 0 aromatic heterocycles. The van der Waals surface area contributed by atoms with Crippen molar-refractivity contribution in [1.29, 1.82) is 0 Å². The smallest absolute Gasteiger partial charge is 0.317 e. The topological polar surface area (TPSA) is 41.6 Å². The molecule has 0 bridgehead atoms. The summed E-state index contributed by atoms with van der Waals surface area (Å²) in [6, 6.07) is 1.00. The molecule has 2 amide bonds. The van der Waals surface area contributed by atoms with Crippen molar-refractivity contribution in [2.45, 2.75) is 64.1 Å². The van der Waals surface area contributed by atoms with Gasteiger partial charge in [-0.1, -0.05) is 13.8 Å². The van der Waals surface area contributed by atoms with Crippen LogP contribution < -0.4 is 5.32 Å². The van der Waals surface area contributed by atoms with Crippen LogP contribution in [0.1, 0.15) is 46.0 Å². The maximum absolute atomic E-state index is 12.6. The molecule has 1 heterocycles. The summed E-state index contributed by atoms with van der Waals surface area (Å²) in [4.78, 5) is 14.8. The fraction of sp³-hybridized carbons (Fsp3) is 0.938. The van der Waals surface area contributed by atoms with Crippen LogP contribution in [0.4, 0.5) is 4.79 Å². The minimum Gasteiger partial charge on any atom is -0.377 e. The second-order valence-corrected chi connectivity index (χ2v) is 7.82. The van der Waals surface area contributed by atoms with Crippen molar-refractivity contribution in [2.24, 2.45) is 17.3 Å². The average molecular weight is 278 g/mol. The van der Waals surface area contributed by atoms with Crippen LogP contribution in [0.2, 0.25) is 0 Å². The predicted molar refractivity (Wildman–Crippen MR) is 76.4 cm³/mol. The van der Waals surface area contributed by atoms with E-state index in [9.17, 15) is 4.79 Å². The molecule has 1 N–H and O–H groups in total. The fourth-order valence-electron chi connectivity index (χ4n) is 4.20. The molecule has 0 aromatic carbocycles. The first-order valence-corrected chi connectivity index (χ1v) is 8.26. The highest BCUT2D eigenvalue weighted by molar-refractivity contribution is 5.75. The first-order valence-electron chi connectivity index (χ1n) is 8.26. The number of nitrogens with zero attached hydrogens (tertiary/aromatic N) is 1. The van der Waals surface area contributed by atoms with Gasteiger partial charge in [0.25, 0.3) is 0 Å². The molecule has 4 aliphatic rings. The van der Waals surface area contributed by atoms with E-state index in [1.54, 1.807) is 0 Å². The Morgan fingerprint density at radius 2 is 2.00 bits per heavy atom. The van der Waals surface area contributed by atoms with Gasteiger partial charge in [0.15, 0.2) is 0 Å². The average Bonchev–Trinajstić information content (AvgIpc) is 3.31. The number of hydrogen-bond donors (Lipinski definition) is 1. The number of urea groups is 1. The maximum Gasteiger partial charge on any atom is 0.317 e. The van der Waals surface area contributed by atoms with Gasteiger partial charge in [-0.3, -0.25) is 0 Å². The highest BCUT2D eigenvalue weighted by atomic mass is 16.5. The summed E-state index contributed by atoms with van der Waals surface area (Å²) in [6.45, 7) is 6.30. The molecule has 0 radical (unpaired) electrons. The molecule has 20 heavy (non-hydrogen) atoms. The van der Waals surface area contributed by atoms with E-state index in [-0.39, 0.29) is 11.4 Å². The minimum absolute atomic E-state index is 0.0889. The lowest BCUT2D eigenvalue weighted by molar-refractivity contribution is -0.109. The summed E-state index contributed by atoms with van der Waals surface area (Å²) in [5.74, 6) is 1.31. The van der Waals surface area contributed by atoms with Crippen LogP contribution in [0, 0.1) is 17.3 Å². The summed E-state index contributed by atoms with van der Waals surface area (Å²) >= 11 is 0. The Labute approximate surface area is 121 Å². The third kappa shape index (κ3) is 2.03. The lowest BCUT2D eigenvalue weighted by Gasteiger charge is -2.54. The highest BCUT2D eigenvalue weighted by Crippen LogP contribution is 2.52. The molecule has 3 atom stereocenters. The summed E-state index contributed by atoms with van der Waals surface area (Å²) in [7, 11) is 0. The summed E-state index contributed by atoms with van der Waals surface area (Å²) < 4.78 is 5.81. The standard InChI is InChI=1S/C16H26N2O2/c1-16(2)13(12-7-8-20-14(12)16)17-15(19)18(11-5-6-11)9-10-3-4-10/h10-14H,3-9H2,1-2H3,(H,17,19)/t12-,13+,14+/m0/s1. The normalized spacial score (nSPS) is 38.0. The first-order chi connectivity index (χ1) is 9.57. The van der Waals surface area contributed by atoms with Crippen molar-refractivity contribution in [1.82, 2.24) is 10.2 Å². The molecular weight excluding hydrogens is 252 g/mol. The first kappa shape index (κ1) is 12.9. The van der Waals surface area contributed by atoms with Crippen LogP contribution in [0.3, 0.4) is 0 Å². The lowest BCUT2D eigenvalue weighted by atomic mass is 9.57. The van der Waals surface area contributed by atoms with Crippen molar-refractivity contribution >= 4 is 6.03 Å². The van der Waals surface area contributed by atoms with E-state index >= 15 is 0 Å². The van der Waals surface area contributed by atoms with Crippen molar-refractivity contribution in [2.75, 3.05) is 13.2 Å². The molecule has 3 aliphatic carbocycles. The monoisotopic (exact) mass is 278 g/mol. The van der Waals surface area contributed by atoms with Gasteiger partial charge in [0.2, 0.25) is 0 Å². The highest BCUT2D eigenvalue weighted by Gasteiger charge is 2.60. The molecule has 4 nitrogen and oxygen atoms in total. The van der Waals surface area contributed by atoms with E-state index in [0.717, 1.165) is 25.5 Å². The van der Waals surface area contributed by atoms with Gasteiger partial charge in [-0.2, -0.15) is 0 Å². The van der Waals surface area contributed by atoms with Gasteiger partial charge >= 0.3 is 6.03 Å². The molecule has 0 aromatic rings. The lowest BCUT2D eigenvalue weighted by Crippen LogP contribution is -2.68. The van der Waals surface area contributed by atoms with E-state index in [0.29, 0.717) is 24.1 Å². The van der Waals surface area contributed by atoms with Crippen molar-refractivity contribution in [3.8, 4) is 0 Å². The Morgan fingerprint density at radius 1 is 1.25 bits per heavy atom. The van der Waals surface area contributed by atoms with Crippen LogP contribution in [0.25, 0.3) is 0 Å². The molecule has 4 rings (SSSR count). The number of hydrogen-bond acceptors (Lipinski definition) is 2. The van der Waals surface area contributed by atoms with E-state index < -0.39 is 0 Å². The zero-order valence-electron chi connectivity index (χ0n) is 12.6. The second kappa shape index (κ2) is 4.36. The minimum atomic E-state index is 0.0889. The van der Waals surface area contributed by atoms with Crippen molar-refractivity contribution in [3.05, 3.63) is 0 Å². The number of ether oxygens (including phenoxy) is 1. The van der Waals surface area contributed by atoms with Gasteiger partial charge in [-0.25, -0.2) is 4.79 Å². The Balaban J connectivity index is 1.40. The van der Waals surface area contributed by atoms with Gasteiger partial charge < -0.3 is 15.0 Å². The Morgan fingerprint density at radius 3 is 2.65 bits per heavy atom.